The number of hydrogen-bond acceptors (Lipinski definition) is 3. The molecular weight excluding hydrogens is 346 g/mol. The minimum atomic E-state index is -3.71. The topological polar surface area (TPSA) is 83.5 Å². The number of nitrogens with one attached hydrogen (secondary N) is 1. The second kappa shape index (κ2) is 7.19. The average Bonchev–Trinajstić information content (AvgIpc) is 2.33. The summed E-state index contributed by atoms with van der Waals surface area (Å²) in [6.07, 6.45) is 1.12. The lowest BCUT2D eigenvalue weighted by Crippen LogP contribution is -2.33. The minimum absolute atomic E-state index is 0.105. The van der Waals surface area contributed by atoms with Gasteiger partial charge in [-0.2, -0.15) is 0 Å². The lowest BCUT2D eigenvalue weighted by Gasteiger charge is -2.13. The van der Waals surface area contributed by atoms with Crippen molar-refractivity contribution in [1.82, 2.24) is 4.72 Å². The van der Waals surface area contributed by atoms with Gasteiger partial charge in [0.15, 0.2) is 0 Å². The Morgan fingerprint density at radius 3 is 2.60 bits per heavy atom. The van der Waals surface area contributed by atoms with E-state index in [4.69, 9.17) is 5.11 Å². The van der Waals surface area contributed by atoms with E-state index in [1.165, 1.54) is 6.07 Å². The van der Waals surface area contributed by atoms with Crippen LogP contribution < -0.4 is 4.72 Å². The standard InChI is InChI=1S/C13H18BrNO4S/c1-3-4-10(13(16)17)8-15-20(18,19)12-6-5-9(2)7-11(12)14/h5-7,10,15H,3-4,8H2,1-2H3,(H,16,17). The molecule has 1 unspecified atom stereocenters. The Labute approximate surface area is 127 Å². The normalized spacial score (nSPS) is 13.2. The van der Waals surface area contributed by atoms with Crippen LogP contribution in [-0.4, -0.2) is 26.0 Å². The lowest BCUT2D eigenvalue weighted by atomic mass is 10.1. The van der Waals surface area contributed by atoms with Crippen LogP contribution in [0.3, 0.4) is 0 Å². The van der Waals surface area contributed by atoms with Gasteiger partial charge in [0.25, 0.3) is 0 Å². The summed E-state index contributed by atoms with van der Waals surface area (Å²) in [5.41, 5.74) is 0.935. The van der Waals surface area contributed by atoms with Gasteiger partial charge in [-0.3, -0.25) is 4.79 Å². The molecule has 0 heterocycles. The maximum atomic E-state index is 12.2. The molecule has 2 N–H and O–H groups in total. The summed E-state index contributed by atoms with van der Waals surface area (Å²) in [7, 11) is -3.71. The zero-order valence-corrected chi connectivity index (χ0v) is 13.8. The Hall–Kier alpha value is -0.920. The average molecular weight is 364 g/mol. The van der Waals surface area contributed by atoms with Crippen LogP contribution in [0.15, 0.2) is 27.6 Å². The molecule has 112 valence electrons. The van der Waals surface area contributed by atoms with Crippen LogP contribution in [0, 0.1) is 12.8 Å². The van der Waals surface area contributed by atoms with Crippen molar-refractivity contribution in [2.45, 2.75) is 31.6 Å². The highest BCUT2D eigenvalue weighted by Gasteiger charge is 2.22. The number of aliphatic carboxylic acids is 1. The Bertz CT molecular complexity index is 586. The van der Waals surface area contributed by atoms with Gasteiger partial charge in [0.1, 0.15) is 0 Å². The maximum Gasteiger partial charge on any atom is 0.307 e. The van der Waals surface area contributed by atoms with E-state index in [0.717, 1.165) is 5.56 Å². The molecule has 0 radical (unpaired) electrons. The van der Waals surface area contributed by atoms with Crippen LogP contribution in [0.25, 0.3) is 0 Å². The molecule has 7 heteroatoms. The molecule has 0 amide bonds. The van der Waals surface area contributed by atoms with Gasteiger partial charge in [-0.25, -0.2) is 13.1 Å². The summed E-state index contributed by atoms with van der Waals surface area (Å²) in [5.74, 6) is -1.70. The number of halogens is 1. The van der Waals surface area contributed by atoms with E-state index in [9.17, 15) is 13.2 Å². The fourth-order valence-electron chi connectivity index (χ4n) is 1.77. The van der Waals surface area contributed by atoms with Crippen molar-refractivity contribution < 1.29 is 18.3 Å². The van der Waals surface area contributed by atoms with Crippen molar-refractivity contribution in [1.29, 1.82) is 0 Å². The number of carboxylic acids is 1. The predicted octanol–water partition coefficient (Wildman–Crippen LogP) is 2.54. The predicted molar refractivity (Wildman–Crippen MR) is 80.1 cm³/mol. The lowest BCUT2D eigenvalue weighted by molar-refractivity contribution is -0.141. The zero-order valence-electron chi connectivity index (χ0n) is 11.4. The molecule has 0 spiro atoms. The molecule has 5 nitrogen and oxygen atoms in total. The summed E-state index contributed by atoms with van der Waals surface area (Å²) >= 11 is 3.21. The summed E-state index contributed by atoms with van der Waals surface area (Å²) in [6.45, 7) is 3.61. The summed E-state index contributed by atoms with van der Waals surface area (Å²) in [6, 6.07) is 4.90. The second-order valence-corrected chi connectivity index (χ2v) is 7.20. The first-order chi connectivity index (χ1) is 9.27. The third-order valence-corrected chi connectivity index (χ3v) is 5.28. The molecule has 0 aliphatic rings. The summed E-state index contributed by atoms with van der Waals surface area (Å²) < 4.78 is 27.2. The van der Waals surface area contributed by atoms with Gasteiger partial charge in [0.05, 0.1) is 10.8 Å². The number of carboxylic acid groups (broad SMARTS) is 1. The first-order valence-electron chi connectivity index (χ1n) is 6.26. The van der Waals surface area contributed by atoms with Crippen LogP contribution in [0.4, 0.5) is 0 Å². The Morgan fingerprint density at radius 2 is 2.10 bits per heavy atom. The molecular formula is C13H18BrNO4S. The van der Waals surface area contributed by atoms with Crippen LogP contribution in [0.5, 0.6) is 0 Å². The van der Waals surface area contributed by atoms with Gasteiger partial charge in [-0.15, -0.1) is 0 Å². The number of benzene rings is 1. The van der Waals surface area contributed by atoms with E-state index in [-0.39, 0.29) is 11.4 Å². The fourth-order valence-corrected chi connectivity index (χ4v) is 4.04. The largest absolute Gasteiger partial charge is 0.481 e. The monoisotopic (exact) mass is 363 g/mol. The minimum Gasteiger partial charge on any atom is -0.481 e. The first-order valence-corrected chi connectivity index (χ1v) is 8.54. The molecule has 1 rings (SSSR count). The maximum absolute atomic E-state index is 12.2. The van der Waals surface area contributed by atoms with Gasteiger partial charge in [0, 0.05) is 11.0 Å². The molecule has 0 aliphatic carbocycles. The van der Waals surface area contributed by atoms with Crippen LogP contribution in [0.2, 0.25) is 0 Å². The van der Waals surface area contributed by atoms with Gasteiger partial charge >= 0.3 is 5.97 Å². The third-order valence-electron chi connectivity index (χ3n) is 2.88. The van der Waals surface area contributed by atoms with E-state index in [2.05, 4.69) is 20.7 Å². The van der Waals surface area contributed by atoms with Crippen LogP contribution >= 0.6 is 15.9 Å². The van der Waals surface area contributed by atoms with E-state index in [0.29, 0.717) is 17.3 Å². The number of aryl methyl sites for hydroxylation is 1. The molecule has 1 atom stereocenters. The van der Waals surface area contributed by atoms with E-state index < -0.39 is 21.9 Å². The fraction of sp³-hybridized carbons (Fsp3) is 0.462. The third kappa shape index (κ3) is 4.57. The molecule has 0 aromatic heterocycles. The SMILES string of the molecule is CCCC(CNS(=O)(=O)c1ccc(C)cc1Br)C(=O)O. The van der Waals surface area contributed by atoms with Gasteiger partial charge < -0.3 is 5.11 Å². The zero-order chi connectivity index (χ0) is 15.3. The molecule has 0 saturated carbocycles. The van der Waals surface area contributed by atoms with Crippen molar-refractivity contribution in [3.05, 3.63) is 28.2 Å². The highest BCUT2D eigenvalue weighted by atomic mass is 79.9. The smallest absolute Gasteiger partial charge is 0.307 e. The molecule has 0 bridgehead atoms. The Morgan fingerprint density at radius 1 is 1.45 bits per heavy atom. The Kier molecular flexibility index (Phi) is 6.16. The van der Waals surface area contributed by atoms with Crippen LogP contribution in [-0.2, 0) is 14.8 Å². The quantitative estimate of drug-likeness (QED) is 0.779. The molecule has 0 saturated heterocycles. The van der Waals surface area contributed by atoms with Crippen molar-refractivity contribution >= 4 is 31.9 Å². The molecule has 20 heavy (non-hydrogen) atoms. The summed E-state index contributed by atoms with van der Waals surface area (Å²) in [4.78, 5) is 11.1. The van der Waals surface area contributed by atoms with Crippen molar-refractivity contribution in [3.63, 3.8) is 0 Å². The van der Waals surface area contributed by atoms with E-state index in [1.807, 2.05) is 13.8 Å². The highest BCUT2D eigenvalue weighted by Crippen LogP contribution is 2.23. The molecule has 1 aromatic rings. The number of sulfonamides is 1. The molecule has 0 fully saturated rings. The summed E-state index contributed by atoms with van der Waals surface area (Å²) in [5, 5.41) is 9.02. The van der Waals surface area contributed by atoms with Gasteiger partial charge in [0.2, 0.25) is 10.0 Å². The molecule has 0 aliphatic heterocycles. The van der Waals surface area contributed by atoms with Gasteiger partial charge in [-0.1, -0.05) is 19.4 Å². The van der Waals surface area contributed by atoms with Crippen LogP contribution in [0.1, 0.15) is 25.3 Å². The van der Waals surface area contributed by atoms with Crippen molar-refractivity contribution in [2.75, 3.05) is 6.54 Å². The van der Waals surface area contributed by atoms with Crippen molar-refractivity contribution in [2.24, 2.45) is 5.92 Å². The van der Waals surface area contributed by atoms with Gasteiger partial charge in [-0.05, 0) is 47.0 Å². The number of carbonyl (C=O) groups is 1. The number of rotatable bonds is 7. The Balaban J connectivity index is 2.87. The van der Waals surface area contributed by atoms with E-state index in [1.54, 1.807) is 12.1 Å². The second-order valence-electron chi connectivity index (χ2n) is 4.61. The number of hydrogen-bond donors (Lipinski definition) is 2. The first kappa shape index (κ1) is 17.1. The van der Waals surface area contributed by atoms with E-state index >= 15 is 0 Å². The highest BCUT2D eigenvalue weighted by molar-refractivity contribution is 9.10. The molecule has 1 aromatic carbocycles. The van der Waals surface area contributed by atoms with Crippen molar-refractivity contribution in [3.8, 4) is 0 Å².